The van der Waals surface area contributed by atoms with Crippen LogP contribution in [0.2, 0.25) is 0 Å². The second-order valence-electron chi connectivity index (χ2n) is 7.57. The molecule has 1 atom stereocenters. The quantitative estimate of drug-likeness (QED) is 0.901. The summed E-state index contributed by atoms with van der Waals surface area (Å²) in [4.78, 5) is 2.51. The van der Waals surface area contributed by atoms with Gasteiger partial charge in [-0.2, -0.15) is 0 Å². The smallest absolute Gasteiger partial charge is 0.0728 e. The lowest BCUT2D eigenvalue weighted by molar-refractivity contribution is -0.0364. The highest BCUT2D eigenvalue weighted by atomic mass is 16.3. The van der Waals surface area contributed by atoms with E-state index in [-0.39, 0.29) is 5.92 Å². The Labute approximate surface area is 145 Å². The van der Waals surface area contributed by atoms with Crippen LogP contribution >= 0.6 is 0 Å². The molecule has 1 aliphatic carbocycles. The number of rotatable bonds is 3. The van der Waals surface area contributed by atoms with Gasteiger partial charge in [0.25, 0.3) is 0 Å². The maximum atomic E-state index is 11.4. The lowest BCUT2D eigenvalue weighted by Crippen LogP contribution is -2.46. The minimum absolute atomic E-state index is 0.242. The van der Waals surface area contributed by atoms with E-state index >= 15 is 0 Å². The Morgan fingerprint density at radius 1 is 0.917 bits per heavy atom. The highest BCUT2D eigenvalue weighted by Crippen LogP contribution is 2.43. The first-order valence-electron chi connectivity index (χ1n) is 9.31. The Bertz CT molecular complexity index is 675. The fourth-order valence-corrected chi connectivity index (χ4v) is 4.61. The predicted molar refractivity (Wildman–Crippen MR) is 97.8 cm³/mol. The molecular formula is C22H27NO. The molecular weight excluding hydrogens is 294 g/mol. The average Bonchev–Trinajstić information content (AvgIpc) is 2.62. The van der Waals surface area contributed by atoms with Crippen LogP contribution in [0.15, 0.2) is 54.6 Å². The van der Waals surface area contributed by atoms with E-state index in [1.54, 1.807) is 0 Å². The van der Waals surface area contributed by atoms with Crippen molar-refractivity contribution < 1.29 is 5.11 Å². The first-order chi connectivity index (χ1) is 11.7. The Hall–Kier alpha value is -1.64. The highest BCUT2D eigenvalue weighted by Gasteiger charge is 2.42. The zero-order valence-electron chi connectivity index (χ0n) is 14.3. The fourth-order valence-electron chi connectivity index (χ4n) is 4.61. The van der Waals surface area contributed by atoms with Gasteiger partial charge in [-0.1, -0.05) is 73.9 Å². The van der Waals surface area contributed by atoms with Gasteiger partial charge in [-0.05, 0) is 29.5 Å². The van der Waals surface area contributed by atoms with E-state index in [9.17, 15) is 5.11 Å². The molecule has 1 aliphatic heterocycles. The van der Waals surface area contributed by atoms with E-state index < -0.39 is 5.60 Å². The van der Waals surface area contributed by atoms with E-state index in [1.807, 2.05) is 0 Å². The molecule has 0 spiro atoms. The maximum absolute atomic E-state index is 11.4. The van der Waals surface area contributed by atoms with Crippen LogP contribution in [0.1, 0.15) is 54.7 Å². The zero-order valence-corrected chi connectivity index (χ0v) is 14.3. The molecule has 0 radical (unpaired) electrons. The number of nitrogens with zero attached hydrogens (tertiary/aromatic N) is 1. The van der Waals surface area contributed by atoms with Crippen LogP contribution in [0, 0.1) is 0 Å². The van der Waals surface area contributed by atoms with Crippen LogP contribution < -0.4 is 0 Å². The zero-order chi connectivity index (χ0) is 16.4. The molecule has 0 bridgehead atoms. The lowest BCUT2D eigenvalue weighted by Gasteiger charge is -2.45. The second kappa shape index (κ2) is 6.70. The van der Waals surface area contributed by atoms with Gasteiger partial charge < -0.3 is 5.11 Å². The van der Waals surface area contributed by atoms with Gasteiger partial charge in [0.05, 0.1) is 5.60 Å². The van der Waals surface area contributed by atoms with Crippen LogP contribution in [0.4, 0.5) is 0 Å². The van der Waals surface area contributed by atoms with Crippen LogP contribution in [0.5, 0.6) is 0 Å². The van der Waals surface area contributed by atoms with Gasteiger partial charge in [-0.15, -0.1) is 0 Å². The normalized spacial score (nSPS) is 23.6. The first kappa shape index (κ1) is 15.9. The average molecular weight is 321 g/mol. The molecule has 1 fully saturated rings. The highest BCUT2D eigenvalue weighted by molar-refractivity contribution is 5.35. The molecule has 0 saturated heterocycles. The third-order valence-electron chi connectivity index (χ3n) is 5.88. The molecule has 4 rings (SSSR count). The second-order valence-corrected chi connectivity index (χ2v) is 7.57. The molecule has 2 nitrogen and oxygen atoms in total. The lowest BCUT2D eigenvalue weighted by atomic mass is 9.70. The molecule has 1 heterocycles. The molecule has 2 aliphatic rings. The number of fused-ring (bicyclic) bond motifs is 1. The van der Waals surface area contributed by atoms with Gasteiger partial charge in [0.2, 0.25) is 0 Å². The van der Waals surface area contributed by atoms with Crippen molar-refractivity contribution >= 4 is 0 Å². The van der Waals surface area contributed by atoms with Gasteiger partial charge >= 0.3 is 0 Å². The monoisotopic (exact) mass is 321 g/mol. The molecule has 1 unspecified atom stereocenters. The number of aliphatic hydroxyl groups is 1. The summed E-state index contributed by atoms with van der Waals surface area (Å²) in [6.07, 6.45) is 5.49. The Kier molecular flexibility index (Phi) is 4.43. The van der Waals surface area contributed by atoms with E-state index in [0.717, 1.165) is 45.3 Å². The fraction of sp³-hybridized carbons (Fsp3) is 0.455. The molecule has 0 amide bonds. The van der Waals surface area contributed by atoms with E-state index in [2.05, 4.69) is 59.5 Å². The largest absolute Gasteiger partial charge is 0.389 e. The summed E-state index contributed by atoms with van der Waals surface area (Å²) < 4.78 is 0. The van der Waals surface area contributed by atoms with E-state index in [1.165, 1.54) is 23.1 Å². The van der Waals surface area contributed by atoms with E-state index in [4.69, 9.17) is 0 Å². The van der Waals surface area contributed by atoms with Gasteiger partial charge in [-0.25, -0.2) is 0 Å². The van der Waals surface area contributed by atoms with Crippen molar-refractivity contribution in [3.8, 4) is 0 Å². The minimum Gasteiger partial charge on any atom is -0.389 e. The van der Waals surface area contributed by atoms with Crippen LogP contribution in [0.3, 0.4) is 0 Å². The molecule has 1 N–H and O–H groups in total. The summed E-state index contributed by atoms with van der Waals surface area (Å²) >= 11 is 0. The van der Waals surface area contributed by atoms with Crippen molar-refractivity contribution in [3.63, 3.8) is 0 Å². The van der Waals surface area contributed by atoms with Crippen LogP contribution in [0.25, 0.3) is 0 Å². The van der Waals surface area contributed by atoms with Crippen molar-refractivity contribution in [1.82, 2.24) is 4.90 Å². The Balaban J connectivity index is 1.62. The summed E-state index contributed by atoms with van der Waals surface area (Å²) in [6, 6.07) is 19.4. The summed E-state index contributed by atoms with van der Waals surface area (Å²) in [7, 11) is 0. The summed E-state index contributed by atoms with van der Waals surface area (Å²) in [5.74, 6) is 0.242. The van der Waals surface area contributed by atoms with Crippen molar-refractivity contribution in [3.05, 3.63) is 71.3 Å². The SMILES string of the molecule is OC1(C2CN(Cc3ccccc3)Cc3ccccc32)CCCCC1. The third-order valence-corrected chi connectivity index (χ3v) is 5.88. The molecule has 126 valence electrons. The summed E-state index contributed by atoms with van der Waals surface area (Å²) in [6.45, 7) is 2.90. The maximum Gasteiger partial charge on any atom is 0.0728 e. The first-order valence-corrected chi connectivity index (χ1v) is 9.31. The summed E-state index contributed by atoms with van der Waals surface area (Å²) in [5, 5.41) is 11.4. The van der Waals surface area contributed by atoms with Crippen molar-refractivity contribution in [2.45, 2.75) is 56.7 Å². The van der Waals surface area contributed by atoms with E-state index in [0.29, 0.717) is 0 Å². The number of hydrogen-bond acceptors (Lipinski definition) is 2. The van der Waals surface area contributed by atoms with Crippen LogP contribution in [-0.4, -0.2) is 22.2 Å². The number of hydrogen-bond donors (Lipinski definition) is 1. The van der Waals surface area contributed by atoms with Crippen molar-refractivity contribution in [2.75, 3.05) is 6.54 Å². The minimum atomic E-state index is -0.524. The Morgan fingerprint density at radius 2 is 1.62 bits per heavy atom. The molecule has 1 saturated carbocycles. The van der Waals surface area contributed by atoms with Crippen molar-refractivity contribution in [1.29, 1.82) is 0 Å². The molecule has 0 aromatic heterocycles. The molecule has 2 heteroatoms. The van der Waals surface area contributed by atoms with Gasteiger partial charge in [0, 0.05) is 25.6 Å². The standard InChI is InChI=1S/C22H27NO/c24-22(13-7-2-8-14-22)21-17-23(15-18-9-3-1-4-10-18)16-19-11-5-6-12-20(19)21/h1,3-6,9-12,21,24H,2,7-8,13-17H2. The molecule has 2 aromatic carbocycles. The van der Waals surface area contributed by atoms with Gasteiger partial charge in [0.15, 0.2) is 0 Å². The van der Waals surface area contributed by atoms with Crippen molar-refractivity contribution in [2.24, 2.45) is 0 Å². The third kappa shape index (κ3) is 3.13. The van der Waals surface area contributed by atoms with Gasteiger partial charge in [0.1, 0.15) is 0 Å². The summed E-state index contributed by atoms with van der Waals surface area (Å²) in [5.41, 5.74) is 3.60. The van der Waals surface area contributed by atoms with Crippen LogP contribution in [-0.2, 0) is 13.1 Å². The van der Waals surface area contributed by atoms with Gasteiger partial charge in [-0.3, -0.25) is 4.90 Å². The Morgan fingerprint density at radius 3 is 2.42 bits per heavy atom. The molecule has 2 aromatic rings. The number of benzene rings is 2. The topological polar surface area (TPSA) is 23.5 Å². The molecule has 24 heavy (non-hydrogen) atoms. The predicted octanol–water partition coefficient (Wildman–Crippen LogP) is 4.48.